The van der Waals surface area contributed by atoms with Crippen molar-refractivity contribution >= 4 is 12.2 Å². The highest BCUT2D eigenvalue weighted by Gasteiger charge is 2.22. The first-order valence-electron chi connectivity index (χ1n) is 6.15. The van der Waals surface area contributed by atoms with Crippen molar-refractivity contribution in [2.75, 3.05) is 6.61 Å². The molecule has 0 saturated heterocycles. The van der Waals surface area contributed by atoms with Gasteiger partial charge in [-0.15, -0.1) is 0 Å². The number of nitrogens with one attached hydrogen (secondary N) is 1. The molecule has 1 aliphatic rings. The van der Waals surface area contributed by atoms with Crippen molar-refractivity contribution < 1.29 is 14.3 Å². The third-order valence-corrected chi connectivity index (χ3v) is 2.68. The summed E-state index contributed by atoms with van der Waals surface area (Å²) in [5, 5.41) is 3.76. The van der Waals surface area contributed by atoms with E-state index in [0.717, 1.165) is 29.0 Å². The van der Waals surface area contributed by atoms with E-state index in [0.29, 0.717) is 6.61 Å². The number of carbonyl (C=O) groups excluding carboxylic acids is 1. The highest BCUT2D eigenvalue weighted by molar-refractivity contribution is 5.86. The molecular weight excluding hydrogens is 246 g/mol. The summed E-state index contributed by atoms with van der Waals surface area (Å²) >= 11 is 0. The summed E-state index contributed by atoms with van der Waals surface area (Å²) in [6, 6.07) is 3.09. The van der Waals surface area contributed by atoms with Gasteiger partial charge in [0.05, 0.1) is 12.8 Å². The lowest BCUT2D eigenvalue weighted by molar-refractivity contribution is 0.249. The van der Waals surface area contributed by atoms with Crippen LogP contribution >= 0.6 is 0 Å². The maximum absolute atomic E-state index is 10.6. The number of hydrogen-bond acceptors (Lipinski definition) is 4. The molecule has 0 fully saturated rings. The van der Waals surface area contributed by atoms with Gasteiger partial charge in [0.25, 0.3) is 0 Å². The smallest absolute Gasteiger partial charge is 0.332 e. The number of nitrogens with zero attached hydrogens (tertiary/aromatic N) is 1. The van der Waals surface area contributed by atoms with Crippen LogP contribution in [0.2, 0.25) is 0 Å². The molecule has 3 N–H and O–H groups in total. The molecule has 0 aliphatic carbocycles. The van der Waals surface area contributed by atoms with E-state index in [1.165, 1.54) is 6.21 Å². The van der Waals surface area contributed by atoms with Crippen LogP contribution in [0, 0.1) is 0 Å². The van der Waals surface area contributed by atoms with Crippen LogP contribution in [0.4, 0.5) is 4.79 Å². The van der Waals surface area contributed by atoms with Crippen molar-refractivity contribution in [3.8, 4) is 11.5 Å². The number of rotatable bonds is 4. The first-order valence-corrected chi connectivity index (χ1v) is 6.15. The van der Waals surface area contributed by atoms with Crippen LogP contribution < -0.4 is 20.6 Å². The summed E-state index contributed by atoms with van der Waals surface area (Å²) in [6.45, 7) is 4.52. The molecule has 2 amide bonds. The van der Waals surface area contributed by atoms with E-state index in [-0.39, 0.29) is 6.10 Å². The lowest BCUT2D eigenvalue weighted by atomic mass is 10.1. The van der Waals surface area contributed by atoms with Gasteiger partial charge in [-0.3, -0.25) is 0 Å². The molecule has 2 rings (SSSR count). The molecule has 102 valence electrons. The molecule has 1 heterocycles. The molecule has 1 aromatic carbocycles. The van der Waals surface area contributed by atoms with Crippen LogP contribution in [0.1, 0.15) is 25.0 Å². The Balaban J connectivity index is 2.30. The fraction of sp³-hybridized carbons (Fsp3) is 0.385. The van der Waals surface area contributed by atoms with Gasteiger partial charge in [0, 0.05) is 17.5 Å². The monoisotopic (exact) mass is 263 g/mol. The summed E-state index contributed by atoms with van der Waals surface area (Å²) in [5.74, 6) is 1.55. The van der Waals surface area contributed by atoms with Gasteiger partial charge in [-0.1, -0.05) is 0 Å². The van der Waals surface area contributed by atoms with E-state index in [2.05, 4.69) is 10.5 Å². The standard InChI is InChI=1S/C13H17N3O3/c1-3-18-11-5-9-4-8(2)19-12(9)10(6-11)7-15-16-13(14)17/h5-8H,3-4H2,1-2H3,(H3,14,16,17)/b15-7+. The molecule has 0 aromatic heterocycles. The number of carbonyl (C=O) groups is 1. The minimum atomic E-state index is -0.705. The molecule has 0 spiro atoms. The van der Waals surface area contributed by atoms with E-state index < -0.39 is 6.03 Å². The second kappa shape index (κ2) is 5.60. The molecule has 6 nitrogen and oxygen atoms in total. The van der Waals surface area contributed by atoms with Crippen molar-refractivity contribution in [3.63, 3.8) is 0 Å². The largest absolute Gasteiger partial charge is 0.494 e. The van der Waals surface area contributed by atoms with E-state index in [1.807, 2.05) is 26.0 Å². The number of benzene rings is 1. The van der Waals surface area contributed by atoms with Crippen molar-refractivity contribution in [3.05, 3.63) is 23.3 Å². The number of ether oxygens (including phenoxy) is 2. The number of nitrogens with two attached hydrogens (primary N) is 1. The third kappa shape index (κ3) is 3.15. The van der Waals surface area contributed by atoms with Crippen molar-refractivity contribution in [2.45, 2.75) is 26.4 Å². The lowest BCUT2D eigenvalue weighted by Gasteiger charge is -2.09. The quantitative estimate of drug-likeness (QED) is 0.636. The first-order chi connectivity index (χ1) is 9.10. The molecule has 6 heteroatoms. The number of urea groups is 1. The van der Waals surface area contributed by atoms with Gasteiger partial charge in [0.1, 0.15) is 17.6 Å². The van der Waals surface area contributed by atoms with Gasteiger partial charge in [0.15, 0.2) is 0 Å². The fourth-order valence-electron chi connectivity index (χ4n) is 2.04. The van der Waals surface area contributed by atoms with Crippen molar-refractivity contribution in [2.24, 2.45) is 10.8 Å². The highest BCUT2D eigenvalue weighted by atomic mass is 16.5. The average molecular weight is 263 g/mol. The Bertz CT molecular complexity index is 514. The molecule has 19 heavy (non-hydrogen) atoms. The van der Waals surface area contributed by atoms with E-state index in [9.17, 15) is 4.79 Å². The van der Waals surface area contributed by atoms with E-state index in [1.54, 1.807) is 0 Å². The predicted octanol–water partition coefficient (Wildman–Crippen LogP) is 1.41. The number of amides is 2. The Morgan fingerprint density at radius 3 is 3.16 bits per heavy atom. The minimum Gasteiger partial charge on any atom is -0.494 e. The van der Waals surface area contributed by atoms with E-state index in [4.69, 9.17) is 15.2 Å². The Hall–Kier alpha value is -2.24. The molecule has 1 unspecified atom stereocenters. The normalized spacial score (nSPS) is 17.1. The second-order valence-electron chi connectivity index (χ2n) is 4.30. The topological polar surface area (TPSA) is 85.9 Å². The summed E-state index contributed by atoms with van der Waals surface area (Å²) in [4.78, 5) is 10.6. The van der Waals surface area contributed by atoms with Crippen LogP contribution in [0.15, 0.2) is 17.2 Å². The van der Waals surface area contributed by atoms with Crippen LogP contribution in [0.5, 0.6) is 11.5 Å². The molecule has 0 saturated carbocycles. The number of hydrogen-bond donors (Lipinski definition) is 2. The zero-order valence-electron chi connectivity index (χ0n) is 11.0. The van der Waals surface area contributed by atoms with Gasteiger partial charge >= 0.3 is 6.03 Å². The predicted molar refractivity (Wildman–Crippen MR) is 71.7 cm³/mol. The summed E-state index contributed by atoms with van der Waals surface area (Å²) in [6.07, 6.45) is 2.47. The summed E-state index contributed by atoms with van der Waals surface area (Å²) < 4.78 is 11.2. The average Bonchev–Trinajstić information content (AvgIpc) is 2.69. The van der Waals surface area contributed by atoms with Gasteiger partial charge in [0.2, 0.25) is 0 Å². The zero-order chi connectivity index (χ0) is 13.8. The highest BCUT2D eigenvalue weighted by Crippen LogP contribution is 2.35. The fourth-order valence-corrected chi connectivity index (χ4v) is 2.04. The molecule has 1 aromatic rings. The van der Waals surface area contributed by atoms with E-state index >= 15 is 0 Å². The Morgan fingerprint density at radius 1 is 1.68 bits per heavy atom. The molecule has 0 radical (unpaired) electrons. The maximum Gasteiger partial charge on any atom is 0.332 e. The molecule has 0 bridgehead atoms. The van der Waals surface area contributed by atoms with Crippen LogP contribution in [-0.2, 0) is 6.42 Å². The van der Waals surface area contributed by atoms with Crippen molar-refractivity contribution in [1.82, 2.24) is 5.43 Å². The maximum atomic E-state index is 10.6. The van der Waals surface area contributed by atoms with Crippen LogP contribution in [0.3, 0.4) is 0 Å². The first kappa shape index (κ1) is 13.2. The molecule has 1 atom stereocenters. The number of fused-ring (bicyclic) bond motifs is 1. The van der Waals surface area contributed by atoms with Gasteiger partial charge in [-0.05, 0) is 26.0 Å². The number of primary amides is 1. The summed E-state index contributed by atoms with van der Waals surface area (Å²) in [5.41, 5.74) is 8.95. The lowest BCUT2D eigenvalue weighted by Crippen LogP contribution is -2.24. The SMILES string of the molecule is CCOc1cc(/C=N/NC(N)=O)c2c(c1)CC(C)O2. The van der Waals surface area contributed by atoms with Crippen LogP contribution in [-0.4, -0.2) is 25.0 Å². The Labute approximate surface area is 111 Å². The molecule has 1 aliphatic heterocycles. The Kier molecular flexibility index (Phi) is 3.89. The number of hydrazone groups is 1. The molecular formula is C13H17N3O3. The van der Waals surface area contributed by atoms with Gasteiger partial charge < -0.3 is 15.2 Å². The second-order valence-corrected chi connectivity index (χ2v) is 4.30. The zero-order valence-corrected chi connectivity index (χ0v) is 11.0. The minimum absolute atomic E-state index is 0.128. The van der Waals surface area contributed by atoms with Gasteiger partial charge in [-0.2, -0.15) is 5.10 Å². The summed E-state index contributed by atoms with van der Waals surface area (Å²) in [7, 11) is 0. The van der Waals surface area contributed by atoms with Crippen molar-refractivity contribution in [1.29, 1.82) is 0 Å². The third-order valence-electron chi connectivity index (χ3n) is 2.68. The van der Waals surface area contributed by atoms with Gasteiger partial charge in [-0.25, -0.2) is 10.2 Å². The van der Waals surface area contributed by atoms with Crippen LogP contribution in [0.25, 0.3) is 0 Å². The Morgan fingerprint density at radius 2 is 2.47 bits per heavy atom.